The van der Waals surface area contributed by atoms with Gasteiger partial charge in [-0.1, -0.05) is 60.7 Å². The van der Waals surface area contributed by atoms with Crippen molar-refractivity contribution in [3.05, 3.63) is 83.6 Å². The Hall–Kier alpha value is -1.67. The molecule has 2 aromatic rings. The molecule has 1 aliphatic rings. The Morgan fingerprint density at radius 2 is 1.45 bits per heavy atom. The van der Waals surface area contributed by atoms with E-state index in [9.17, 15) is 0 Å². The van der Waals surface area contributed by atoms with E-state index in [0.29, 0.717) is 0 Å². The van der Waals surface area contributed by atoms with Crippen LogP contribution < -0.4 is 0 Å². The molecule has 0 atom stereocenters. The minimum absolute atomic E-state index is 0.0391. The van der Waals surface area contributed by atoms with Crippen LogP contribution in [-0.2, 0) is 9.48 Å². The largest absolute Gasteiger partial charge is 0.501 e. The summed E-state index contributed by atoms with van der Waals surface area (Å²) < 4.78 is 5.50. The van der Waals surface area contributed by atoms with E-state index in [-0.39, 0.29) is 4.75 Å². The third kappa shape index (κ3) is 2.36. The van der Waals surface area contributed by atoms with Gasteiger partial charge < -0.3 is 4.74 Å². The average Bonchev–Trinajstić information content (AvgIpc) is 2.56. The summed E-state index contributed by atoms with van der Waals surface area (Å²) in [6.07, 6.45) is 3.09. The lowest BCUT2D eigenvalue weighted by molar-refractivity contribution is 0.268. The van der Waals surface area contributed by atoms with Crippen molar-refractivity contribution >= 4 is 11.8 Å². The standard InChI is InChI=1S/C18H18OS/c1-19-17-12-13-20-18(14-17,15-8-4-2-5-9-15)16-10-6-3-7-11-16/h2-12H,13-14H2,1H3. The van der Waals surface area contributed by atoms with E-state index in [1.54, 1.807) is 7.11 Å². The van der Waals surface area contributed by atoms with Crippen molar-refractivity contribution in [2.45, 2.75) is 11.2 Å². The van der Waals surface area contributed by atoms with Crippen LogP contribution >= 0.6 is 11.8 Å². The molecule has 0 radical (unpaired) electrons. The van der Waals surface area contributed by atoms with Gasteiger partial charge in [0.15, 0.2) is 0 Å². The maximum absolute atomic E-state index is 5.54. The summed E-state index contributed by atoms with van der Waals surface area (Å²) in [5.41, 5.74) is 2.69. The van der Waals surface area contributed by atoms with Crippen LogP contribution in [0.1, 0.15) is 17.5 Å². The third-order valence-electron chi connectivity index (χ3n) is 3.81. The highest BCUT2D eigenvalue weighted by atomic mass is 32.2. The molecule has 0 saturated heterocycles. The van der Waals surface area contributed by atoms with Gasteiger partial charge in [0.2, 0.25) is 0 Å². The van der Waals surface area contributed by atoms with Crippen molar-refractivity contribution in [2.24, 2.45) is 0 Å². The van der Waals surface area contributed by atoms with E-state index in [0.717, 1.165) is 17.9 Å². The first-order valence-electron chi connectivity index (χ1n) is 6.83. The molecule has 2 heteroatoms. The first-order chi connectivity index (χ1) is 9.85. The molecule has 0 bridgehead atoms. The van der Waals surface area contributed by atoms with Gasteiger partial charge in [-0.2, -0.15) is 0 Å². The summed E-state index contributed by atoms with van der Waals surface area (Å²) in [7, 11) is 1.77. The second-order valence-electron chi connectivity index (χ2n) is 4.92. The second-order valence-corrected chi connectivity index (χ2v) is 6.24. The number of rotatable bonds is 3. The lowest BCUT2D eigenvalue weighted by atomic mass is 9.86. The topological polar surface area (TPSA) is 9.23 Å². The predicted molar refractivity (Wildman–Crippen MR) is 85.8 cm³/mol. The second kappa shape index (κ2) is 5.76. The molecular weight excluding hydrogens is 264 g/mol. The number of ether oxygens (including phenoxy) is 1. The number of hydrogen-bond acceptors (Lipinski definition) is 2. The number of allylic oxidation sites excluding steroid dienone is 1. The van der Waals surface area contributed by atoms with E-state index in [1.165, 1.54) is 11.1 Å². The third-order valence-corrected chi connectivity index (χ3v) is 5.25. The molecule has 0 fully saturated rings. The van der Waals surface area contributed by atoms with Gasteiger partial charge in [-0.15, -0.1) is 11.8 Å². The van der Waals surface area contributed by atoms with Gasteiger partial charge in [-0.05, 0) is 17.2 Å². The van der Waals surface area contributed by atoms with Crippen LogP contribution in [0, 0.1) is 0 Å². The maximum Gasteiger partial charge on any atom is 0.0944 e. The van der Waals surface area contributed by atoms with Crippen molar-refractivity contribution in [2.75, 3.05) is 12.9 Å². The Balaban J connectivity index is 2.12. The average molecular weight is 282 g/mol. The van der Waals surface area contributed by atoms with Gasteiger partial charge in [0.25, 0.3) is 0 Å². The molecule has 0 amide bonds. The number of thioether (sulfide) groups is 1. The van der Waals surface area contributed by atoms with Crippen LogP contribution in [0.4, 0.5) is 0 Å². The van der Waals surface area contributed by atoms with Gasteiger partial charge >= 0.3 is 0 Å². The highest BCUT2D eigenvalue weighted by Gasteiger charge is 2.37. The smallest absolute Gasteiger partial charge is 0.0944 e. The highest BCUT2D eigenvalue weighted by molar-refractivity contribution is 8.00. The summed E-state index contributed by atoms with van der Waals surface area (Å²) in [6.45, 7) is 0. The Labute approximate surface area is 124 Å². The van der Waals surface area contributed by atoms with E-state index < -0.39 is 0 Å². The van der Waals surface area contributed by atoms with E-state index in [1.807, 2.05) is 11.8 Å². The first-order valence-corrected chi connectivity index (χ1v) is 7.82. The van der Waals surface area contributed by atoms with Crippen molar-refractivity contribution < 1.29 is 4.74 Å². The molecule has 2 aromatic carbocycles. The van der Waals surface area contributed by atoms with Crippen LogP contribution in [0.5, 0.6) is 0 Å². The van der Waals surface area contributed by atoms with Crippen molar-refractivity contribution in [3.63, 3.8) is 0 Å². The van der Waals surface area contributed by atoms with Crippen molar-refractivity contribution in [1.29, 1.82) is 0 Å². The molecule has 0 spiro atoms. The first kappa shape index (κ1) is 13.3. The molecule has 1 aliphatic heterocycles. The molecule has 0 N–H and O–H groups in total. The zero-order valence-corrected chi connectivity index (χ0v) is 12.4. The molecule has 0 aromatic heterocycles. The van der Waals surface area contributed by atoms with Crippen LogP contribution in [0.2, 0.25) is 0 Å². The van der Waals surface area contributed by atoms with Gasteiger partial charge in [-0.25, -0.2) is 0 Å². The zero-order valence-electron chi connectivity index (χ0n) is 11.6. The van der Waals surface area contributed by atoms with Crippen LogP contribution in [0.15, 0.2) is 72.5 Å². The normalized spacial score (nSPS) is 17.4. The van der Waals surface area contributed by atoms with E-state index in [2.05, 4.69) is 66.7 Å². The van der Waals surface area contributed by atoms with Gasteiger partial charge in [0.05, 0.1) is 17.6 Å². The molecular formula is C18H18OS. The highest BCUT2D eigenvalue weighted by Crippen LogP contribution is 2.49. The Bertz CT molecular complexity index is 550. The lowest BCUT2D eigenvalue weighted by Gasteiger charge is -2.37. The van der Waals surface area contributed by atoms with Gasteiger partial charge in [-0.3, -0.25) is 0 Å². The molecule has 0 saturated carbocycles. The van der Waals surface area contributed by atoms with Crippen LogP contribution in [0.25, 0.3) is 0 Å². The maximum atomic E-state index is 5.54. The summed E-state index contributed by atoms with van der Waals surface area (Å²) in [5.74, 6) is 2.06. The summed E-state index contributed by atoms with van der Waals surface area (Å²) in [5, 5.41) is 0. The Kier molecular flexibility index (Phi) is 3.83. The molecule has 1 heterocycles. The Morgan fingerprint density at radius 3 is 1.95 bits per heavy atom. The number of hydrogen-bond donors (Lipinski definition) is 0. The number of methoxy groups -OCH3 is 1. The zero-order chi connectivity index (χ0) is 13.8. The molecule has 0 aliphatic carbocycles. The molecule has 1 nitrogen and oxygen atoms in total. The minimum Gasteiger partial charge on any atom is -0.501 e. The number of benzene rings is 2. The minimum atomic E-state index is -0.0391. The molecule has 0 unspecified atom stereocenters. The van der Waals surface area contributed by atoms with Gasteiger partial charge in [0.1, 0.15) is 0 Å². The molecule has 3 rings (SSSR count). The Morgan fingerprint density at radius 1 is 0.900 bits per heavy atom. The van der Waals surface area contributed by atoms with E-state index in [4.69, 9.17) is 4.74 Å². The lowest BCUT2D eigenvalue weighted by Crippen LogP contribution is -2.27. The monoisotopic (exact) mass is 282 g/mol. The summed E-state index contributed by atoms with van der Waals surface area (Å²) in [4.78, 5) is 0. The fraction of sp³-hybridized carbons (Fsp3) is 0.222. The fourth-order valence-corrected chi connectivity index (χ4v) is 4.16. The van der Waals surface area contributed by atoms with Crippen LogP contribution in [0.3, 0.4) is 0 Å². The van der Waals surface area contributed by atoms with Crippen LogP contribution in [-0.4, -0.2) is 12.9 Å². The SMILES string of the molecule is COC1=CCSC(c2ccccc2)(c2ccccc2)C1. The molecule has 20 heavy (non-hydrogen) atoms. The fourth-order valence-electron chi connectivity index (χ4n) is 2.75. The van der Waals surface area contributed by atoms with Gasteiger partial charge in [0, 0.05) is 12.2 Å². The van der Waals surface area contributed by atoms with Crippen molar-refractivity contribution in [1.82, 2.24) is 0 Å². The quantitative estimate of drug-likeness (QED) is 0.814. The summed E-state index contributed by atoms with van der Waals surface area (Å²) in [6, 6.07) is 21.5. The predicted octanol–water partition coefficient (Wildman–Crippen LogP) is 4.60. The molecule has 102 valence electrons. The summed E-state index contributed by atoms with van der Waals surface area (Å²) >= 11 is 1.98. The van der Waals surface area contributed by atoms with Crippen molar-refractivity contribution in [3.8, 4) is 0 Å². The van der Waals surface area contributed by atoms with E-state index >= 15 is 0 Å².